The lowest BCUT2D eigenvalue weighted by atomic mass is 10.1. The molecule has 0 fully saturated rings. The molecule has 0 heterocycles. The van der Waals surface area contributed by atoms with Crippen molar-refractivity contribution in [2.75, 3.05) is 11.9 Å². The molecule has 90 valence electrons. The Bertz CT molecular complexity index is 151. The van der Waals surface area contributed by atoms with E-state index in [1.54, 1.807) is 0 Å². The molecule has 0 saturated carbocycles. The zero-order valence-corrected chi connectivity index (χ0v) is 11.4. The topological polar surface area (TPSA) is 29.1 Å². The summed E-state index contributed by atoms with van der Waals surface area (Å²) in [5, 5.41) is 3.88. The Morgan fingerprint density at radius 2 is 1.73 bits per heavy atom. The predicted octanol–water partition coefficient (Wildman–Crippen LogP) is 3.64. The van der Waals surface area contributed by atoms with Crippen LogP contribution in [-0.4, -0.2) is 17.8 Å². The first-order valence-corrected chi connectivity index (χ1v) is 7.26. The maximum atomic E-state index is 11.3. The van der Waals surface area contributed by atoms with Crippen LogP contribution in [0.3, 0.4) is 0 Å². The molecule has 0 aromatic rings. The summed E-state index contributed by atoms with van der Waals surface area (Å²) in [4.78, 5) is 11.3. The highest BCUT2D eigenvalue weighted by Gasteiger charge is 1.99. The molecule has 1 N–H and O–H groups in total. The quantitative estimate of drug-likeness (QED) is 0.480. The summed E-state index contributed by atoms with van der Waals surface area (Å²) in [6.45, 7) is 3.03. The summed E-state index contributed by atoms with van der Waals surface area (Å²) < 4.78 is 0. The molecule has 3 heteroatoms. The lowest BCUT2D eigenvalue weighted by Gasteiger charge is -2.03. The van der Waals surface area contributed by atoms with Crippen LogP contribution in [0.4, 0.5) is 0 Å². The summed E-state index contributed by atoms with van der Waals surface area (Å²) in [6.07, 6.45) is 9.18. The van der Waals surface area contributed by atoms with Gasteiger partial charge in [-0.05, 0) is 12.8 Å². The number of hydrogen-bond donors (Lipinski definition) is 1. The minimum atomic E-state index is 0.214. The van der Waals surface area contributed by atoms with Crippen molar-refractivity contribution in [1.82, 2.24) is 5.32 Å². The molecular formula is C12H24BrNO. The molecule has 0 aliphatic carbocycles. The van der Waals surface area contributed by atoms with Crippen LogP contribution in [0.2, 0.25) is 0 Å². The SMILES string of the molecule is CCCCCCCCC(=O)NCCCBr. The van der Waals surface area contributed by atoms with E-state index in [1.165, 1.54) is 32.1 Å². The van der Waals surface area contributed by atoms with E-state index in [-0.39, 0.29) is 5.91 Å². The number of unbranched alkanes of at least 4 members (excludes halogenated alkanes) is 5. The lowest BCUT2D eigenvalue weighted by molar-refractivity contribution is -0.121. The third-order valence-electron chi connectivity index (χ3n) is 2.39. The lowest BCUT2D eigenvalue weighted by Crippen LogP contribution is -2.24. The van der Waals surface area contributed by atoms with Gasteiger partial charge in [0, 0.05) is 18.3 Å². The van der Waals surface area contributed by atoms with E-state index in [1.807, 2.05) is 0 Å². The molecule has 0 aliphatic heterocycles. The van der Waals surface area contributed by atoms with Gasteiger partial charge in [-0.1, -0.05) is 55.0 Å². The van der Waals surface area contributed by atoms with Gasteiger partial charge in [0.2, 0.25) is 5.91 Å². The van der Waals surface area contributed by atoms with Crippen molar-refractivity contribution >= 4 is 21.8 Å². The zero-order valence-electron chi connectivity index (χ0n) is 9.86. The van der Waals surface area contributed by atoms with Crippen molar-refractivity contribution in [1.29, 1.82) is 0 Å². The second-order valence-electron chi connectivity index (χ2n) is 3.91. The van der Waals surface area contributed by atoms with Crippen LogP contribution < -0.4 is 5.32 Å². The molecule has 0 saturated heterocycles. The van der Waals surface area contributed by atoms with Gasteiger partial charge in [-0.2, -0.15) is 0 Å². The third-order valence-corrected chi connectivity index (χ3v) is 2.95. The fraction of sp³-hybridized carbons (Fsp3) is 0.917. The molecule has 0 radical (unpaired) electrons. The largest absolute Gasteiger partial charge is 0.356 e. The number of halogens is 1. The van der Waals surface area contributed by atoms with Crippen molar-refractivity contribution in [3.05, 3.63) is 0 Å². The van der Waals surface area contributed by atoms with Crippen LogP contribution in [0, 0.1) is 0 Å². The Morgan fingerprint density at radius 1 is 1.07 bits per heavy atom. The highest BCUT2D eigenvalue weighted by atomic mass is 79.9. The van der Waals surface area contributed by atoms with E-state index < -0.39 is 0 Å². The van der Waals surface area contributed by atoms with Crippen LogP contribution in [0.5, 0.6) is 0 Å². The number of alkyl halides is 1. The number of carbonyl (C=O) groups excluding carboxylic acids is 1. The molecular weight excluding hydrogens is 254 g/mol. The first-order valence-electron chi connectivity index (χ1n) is 6.14. The number of amides is 1. The van der Waals surface area contributed by atoms with Gasteiger partial charge < -0.3 is 5.32 Å². The molecule has 0 unspecified atom stereocenters. The summed E-state index contributed by atoms with van der Waals surface area (Å²) in [6, 6.07) is 0. The van der Waals surface area contributed by atoms with E-state index >= 15 is 0 Å². The van der Waals surface area contributed by atoms with Gasteiger partial charge in [0.25, 0.3) is 0 Å². The smallest absolute Gasteiger partial charge is 0.219 e. The molecule has 2 nitrogen and oxygen atoms in total. The van der Waals surface area contributed by atoms with Crippen molar-refractivity contribution in [2.45, 2.75) is 58.3 Å². The van der Waals surface area contributed by atoms with Crippen LogP contribution in [0.1, 0.15) is 58.3 Å². The Labute approximate surface area is 102 Å². The van der Waals surface area contributed by atoms with Crippen LogP contribution >= 0.6 is 15.9 Å². The van der Waals surface area contributed by atoms with Crippen molar-refractivity contribution in [3.8, 4) is 0 Å². The van der Waals surface area contributed by atoms with Crippen molar-refractivity contribution in [2.24, 2.45) is 0 Å². The minimum Gasteiger partial charge on any atom is -0.356 e. The monoisotopic (exact) mass is 277 g/mol. The Hall–Kier alpha value is -0.0500. The van der Waals surface area contributed by atoms with Crippen molar-refractivity contribution in [3.63, 3.8) is 0 Å². The molecule has 0 rings (SSSR count). The molecule has 0 aromatic carbocycles. The summed E-state index contributed by atoms with van der Waals surface area (Å²) >= 11 is 3.34. The molecule has 1 amide bonds. The van der Waals surface area contributed by atoms with E-state index in [4.69, 9.17) is 0 Å². The molecule has 0 atom stereocenters. The average Bonchev–Trinajstić information content (AvgIpc) is 2.23. The molecule has 0 aliphatic rings. The number of hydrogen-bond acceptors (Lipinski definition) is 1. The van der Waals surface area contributed by atoms with Crippen molar-refractivity contribution < 1.29 is 4.79 Å². The average molecular weight is 278 g/mol. The standard InChI is InChI=1S/C12H24BrNO/c1-2-3-4-5-6-7-9-12(15)14-11-8-10-13/h2-11H2,1H3,(H,14,15). The highest BCUT2D eigenvalue weighted by Crippen LogP contribution is 2.06. The first kappa shape index (κ1) is 14.9. The maximum Gasteiger partial charge on any atom is 0.219 e. The molecule has 0 spiro atoms. The van der Waals surface area contributed by atoms with Gasteiger partial charge in [0.1, 0.15) is 0 Å². The fourth-order valence-corrected chi connectivity index (χ4v) is 1.73. The van der Waals surface area contributed by atoms with Gasteiger partial charge in [0.05, 0.1) is 0 Å². The van der Waals surface area contributed by atoms with E-state index in [0.29, 0.717) is 6.42 Å². The normalized spacial score (nSPS) is 10.3. The van der Waals surface area contributed by atoms with E-state index in [2.05, 4.69) is 28.2 Å². The Kier molecular flexibility index (Phi) is 12.0. The highest BCUT2D eigenvalue weighted by molar-refractivity contribution is 9.09. The maximum absolute atomic E-state index is 11.3. The molecule has 0 bridgehead atoms. The van der Waals surface area contributed by atoms with Crippen LogP contribution in [-0.2, 0) is 4.79 Å². The van der Waals surface area contributed by atoms with Crippen LogP contribution in [0.15, 0.2) is 0 Å². The van der Waals surface area contributed by atoms with E-state index in [0.717, 1.165) is 24.7 Å². The summed E-state index contributed by atoms with van der Waals surface area (Å²) in [5.74, 6) is 0.214. The molecule has 0 aromatic heterocycles. The zero-order chi connectivity index (χ0) is 11.4. The third kappa shape index (κ3) is 11.9. The van der Waals surface area contributed by atoms with Gasteiger partial charge in [-0.15, -0.1) is 0 Å². The van der Waals surface area contributed by atoms with Gasteiger partial charge in [-0.3, -0.25) is 4.79 Å². The number of carbonyl (C=O) groups is 1. The summed E-state index contributed by atoms with van der Waals surface area (Å²) in [7, 11) is 0. The van der Waals surface area contributed by atoms with Gasteiger partial charge >= 0.3 is 0 Å². The van der Waals surface area contributed by atoms with Gasteiger partial charge in [0.15, 0.2) is 0 Å². The van der Waals surface area contributed by atoms with Crippen LogP contribution in [0.25, 0.3) is 0 Å². The molecule has 15 heavy (non-hydrogen) atoms. The Morgan fingerprint density at radius 3 is 2.40 bits per heavy atom. The number of nitrogens with one attached hydrogen (secondary N) is 1. The predicted molar refractivity (Wildman–Crippen MR) is 69.4 cm³/mol. The second-order valence-corrected chi connectivity index (χ2v) is 4.70. The fourth-order valence-electron chi connectivity index (χ4n) is 1.45. The van der Waals surface area contributed by atoms with E-state index in [9.17, 15) is 4.79 Å². The number of rotatable bonds is 10. The Balaban J connectivity index is 3.10. The second kappa shape index (κ2) is 12.0. The first-order chi connectivity index (χ1) is 7.31. The van der Waals surface area contributed by atoms with Gasteiger partial charge in [-0.25, -0.2) is 0 Å². The minimum absolute atomic E-state index is 0.214. The summed E-state index contributed by atoms with van der Waals surface area (Å²) in [5.41, 5.74) is 0.